The van der Waals surface area contributed by atoms with E-state index in [0.717, 1.165) is 0 Å². The van der Waals surface area contributed by atoms with Crippen LogP contribution in [0.25, 0.3) is 0 Å². The molecule has 9 N–H and O–H groups in total. The van der Waals surface area contributed by atoms with E-state index >= 15 is 0 Å². The number of carboxylic acid groups (broad SMARTS) is 1. The third-order valence-electron chi connectivity index (χ3n) is 4.85. The van der Waals surface area contributed by atoms with Crippen molar-refractivity contribution in [3.05, 3.63) is 29.8 Å². The summed E-state index contributed by atoms with van der Waals surface area (Å²) >= 11 is 0. The molecule has 3 unspecified atom stereocenters. The molecule has 0 saturated heterocycles. The molecule has 0 radical (unpaired) electrons. The van der Waals surface area contributed by atoms with Crippen LogP contribution >= 0.6 is 0 Å². The normalized spacial score (nSPS) is 13.4. The van der Waals surface area contributed by atoms with Crippen molar-refractivity contribution >= 4 is 29.6 Å². The molecule has 0 aliphatic carbocycles. The summed E-state index contributed by atoms with van der Waals surface area (Å²) in [7, 11) is 0. The van der Waals surface area contributed by atoms with E-state index in [2.05, 4.69) is 16.0 Å². The van der Waals surface area contributed by atoms with Crippen molar-refractivity contribution in [1.82, 2.24) is 16.0 Å². The molecule has 0 saturated carbocycles. The summed E-state index contributed by atoms with van der Waals surface area (Å²) in [5.74, 6) is -4.05. The smallest absolute Gasteiger partial charge is 0.326 e. The monoisotopic (exact) mass is 479 g/mol. The van der Waals surface area contributed by atoms with Gasteiger partial charge in [0.1, 0.15) is 23.9 Å². The molecule has 0 aromatic heterocycles. The number of hydrogen-bond acceptors (Lipinski definition) is 7. The van der Waals surface area contributed by atoms with Crippen molar-refractivity contribution in [2.45, 2.75) is 57.7 Å². The van der Waals surface area contributed by atoms with Crippen LogP contribution in [0.5, 0.6) is 5.75 Å². The first kappa shape index (κ1) is 28.4. The summed E-state index contributed by atoms with van der Waals surface area (Å²) in [4.78, 5) is 60.4. The van der Waals surface area contributed by atoms with Gasteiger partial charge in [0.05, 0.1) is 6.54 Å². The average Bonchev–Trinajstić information content (AvgIpc) is 2.76. The van der Waals surface area contributed by atoms with Gasteiger partial charge in [0.25, 0.3) is 0 Å². The Hall–Kier alpha value is -3.67. The Kier molecular flexibility index (Phi) is 11.5. The fourth-order valence-electron chi connectivity index (χ4n) is 3.12. The molecule has 12 heteroatoms. The molecular weight excluding hydrogens is 446 g/mol. The summed E-state index contributed by atoms with van der Waals surface area (Å²) < 4.78 is 0. The fraction of sp³-hybridized carbons (Fsp3) is 0.500. The van der Waals surface area contributed by atoms with Gasteiger partial charge < -0.3 is 37.6 Å². The van der Waals surface area contributed by atoms with Gasteiger partial charge in [-0.2, -0.15) is 0 Å². The third kappa shape index (κ3) is 10.3. The summed E-state index contributed by atoms with van der Waals surface area (Å²) in [5, 5.41) is 26.3. The molecule has 0 fully saturated rings. The molecule has 188 valence electrons. The Bertz CT molecular complexity index is 873. The van der Waals surface area contributed by atoms with Gasteiger partial charge in [0.2, 0.25) is 23.6 Å². The van der Waals surface area contributed by atoms with Crippen LogP contribution in [0.15, 0.2) is 24.3 Å². The number of rotatable bonds is 14. The van der Waals surface area contributed by atoms with Crippen LogP contribution in [-0.2, 0) is 30.4 Å². The summed E-state index contributed by atoms with van der Waals surface area (Å²) in [5.41, 5.74) is 11.0. The molecule has 1 rings (SSSR count). The molecular formula is C22H33N5O7. The van der Waals surface area contributed by atoms with E-state index in [1.165, 1.54) is 24.3 Å². The van der Waals surface area contributed by atoms with Gasteiger partial charge in [-0.05, 0) is 36.5 Å². The Morgan fingerprint density at radius 1 is 0.912 bits per heavy atom. The van der Waals surface area contributed by atoms with Crippen molar-refractivity contribution in [1.29, 1.82) is 0 Å². The highest BCUT2D eigenvalue weighted by Crippen LogP contribution is 2.12. The number of carbonyl (C=O) groups excluding carboxylic acids is 4. The zero-order valence-electron chi connectivity index (χ0n) is 19.2. The number of carboxylic acids is 1. The molecule has 1 aromatic carbocycles. The predicted molar refractivity (Wildman–Crippen MR) is 122 cm³/mol. The number of amides is 4. The Labute approximate surface area is 197 Å². The van der Waals surface area contributed by atoms with Gasteiger partial charge in [-0.3, -0.25) is 19.2 Å². The topological polar surface area (TPSA) is 214 Å². The second kappa shape index (κ2) is 13.8. The van der Waals surface area contributed by atoms with E-state index in [-0.39, 0.29) is 43.9 Å². The van der Waals surface area contributed by atoms with Crippen molar-refractivity contribution in [3.8, 4) is 5.75 Å². The number of phenolic OH excluding ortho intramolecular Hbond substituents is 1. The van der Waals surface area contributed by atoms with Crippen LogP contribution in [0.3, 0.4) is 0 Å². The highest BCUT2D eigenvalue weighted by atomic mass is 16.4. The first-order valence-corrected chi connectivity index (χ1v) is 10.8. The second-order valence-electron chi connectivity index (χ2n) is 8.29. The van der Waals surface area contributed by atoms with Crippen LogP contribution in [0, 0.1) is 5.92 Å². The lowest BCUT2D eigenvalue weighted by atomic mass is 10.0. The number of phenols is 1. The van der Waals surface area contributed by atoms with Gasteiger partial charge in [0, 0.05) is 12.8 Å². The molecule has 34 heavy (non-hydrogen) atoms. The average molecular weight is 480 g/mol. The lowest BCUT2D eigenvalue weighted by molar-refractivity contribution is -0.142. The number of hydrogen-bond donors (Lipinski definition) is 7. The van der Waals surface area contributed by atoms with Gasteiger partial charge in [-0.15, -0.1) is 0 Å². The van der Waals surface area contributed by atoms with E-state index < -0.39 is 47.7 Å². The highest BCUT2D eigenvalue weighted by molar-refractivity contribution is 5.94. The largest absolute Gasteiger partial charge is 0.508 e. The molecule has 0 heterocycles. The van der Waals surface area contributed by atoms with Gasteiger partial charge in [-0.1, -0.05) is 26.0 Å². The van der Waals surface area contributed by atoms with Crippen LogP contribution < -0.4 is 27.4 Å². The maximum atomic E-state index is 12.9. The van der Waals surface area contributed by atoms with E-state index in [9.17, 15) is 34.2 Å². The summed E-state index contributed by atoms with van der Waals surface area (Å²) in [6.07, 6.45) is -0.226. The minimum absolute atomic E-state index is 0.00608. The number of benzene rings is 1. The van der Waals surface area contributed by atoms with Crippen molar-refractivity contribution in [2.24, 2.45) is 17.4 Å². The molecule has 3 atom stereocenters. The van der Waals surface area contributed by atoms with Crippen LogP contribution in [0.2, 0.25) is 0 Å². The number of aliphatic carboxylic acids is 1. The molecule has 1 aromatic rings. The van der Waals surface area contributed by atoms with Crippen LogP contribution in [0.1, 0.15) is 38.7 Å². The van der Waals surface area contributed by atoms with Crippen molar-refractivity contribution < 1.29 is 34.2 Å². The molecule has 4 amide bonds. The van der Waals surface area contributed by atoms with Crippen molar-refractivity contribution in [2.75, 3.05) is 6.54 Å². The molecule has 0 aliphatic heterocycles. The fourth-order valence-corrected chi connectivity index (χ4v) is 3.12. The van der Waals surface area contributed by atoms with E-state index in [0.29, 0.717) is 5.56 Å². The standard InChI is InChI=1S/C22H33N5O7/c1-12(2)9-16(25-19(30)11-23)21(32)26-15(7-8-18(24)29)20(31)27-17(22(33)34)10-13-3-5-14(28)6-4-13/h3-6,12,15-17,28H,7-11,23H2,1-2H3,(H2,24,29)(H,25,30)(H,26,32)(H,27,31)(H,33,34). The lowest BCUT2D eigenvalue weighted by Gasteiger charge is -2.25. The number of carbonyl (C=O) groups is 5. The number of aromatic hydroxyl groups is 1. The summed E-state index contributed by atoms with van der Waals surface area (Å²) in [6.45, 7) is 3.35. The number of nitrogens with two attached hydrogens (primary N) is 2. The maximum Gasteiger partial charge on any atom is 0.326 e. The van der Waals surface area contributed by atoms with Crippen LogP contribution in [0.4, 0.5) is 0 Å². The molecule has 0 aliphatic rings. The third-order valence-corrected chi connectivity index (χ3v) is 4.85. The zero-order valence-corrected chi connectivity index (χ0v) is 19.2. The van der Waals surface area contributed by atoms with Gasteiger partial charge in [0.15, 0.2) is 0 Å². The summed E-state index contributed by atoms with van der Waals surface area (Å²) in [6, 6.07) is 2.21. The van der Waals surface area contributed by atoms with E-state index in [1.807, 2.05) is 13.8 Å². The van der Waals surface area contributed by atoms with Crippen LogP contribution in [-0.4, -0.2) is 64.5 Å². The Balaban J connectivity index is 3.01. The van der Waals surface area contributed by atoms with Gasteiger partial charge in [-0.25, -0.2) is 4.79 Å². The maximum absolute atomic E-state index is 12.9. The quantitative estimate of drug-likeness (QED) is 0.171. The van der Waals surface area contributed by atoms with Crippen molar-refractivity contribution in [3.63, 3.8) is 0 Å². The predicted octanol–water partition coefficient (Wildman–Crippen LogP) is -1.26. The Morgan fingerprint density at radius 2 is 1.47 bits per heavy atom. The van der Waals surface area contributed by atoms with E-state index in [4.69, 9.17) is 11.5 Å². The molecule has 0 spiro atoms. The highest BCUT2D eigenvalue weighted by Gasteiger charge is 2.30. The van der Waals surface area contributed by atoms with E-state index in [1.54, 1.807) is 0 Å². The number of nitrogens with one attached hydrogen (secondary N) is 3. The number of primary amides is 1. The minimum atomic E-state index is -1.34. The minimum Gasteiger partial charge on any atom is -0.508 e. The van der Waals surface area contributed by atoms with Gasteiger partial charge >= 0.3 is 5.97 Å². The molecule has 12 nitrogen and oxygen atoms in total. The molecule has 0 bridgehead atoms. The Morgan fingerprint density at radius 3 is 1.97 bits per heavy atom. The zero-order chi connectivity index (χ0) is 25.8. The first-order chi connectivity index (χ1) is 15.9. The second-order valence-corrected chi connectivity index (χ2v) is 8.29. The lowest BCUT2D eigenvalue weighted by Crippen LogP contribution is -2.56. The SMILES string of the molecule is CC(C)CC(NC(=O)CN)C(=O)NC(CCC(N)=O)C(=O)NC(Cc1ccc(O)cc1)C(=O)O. The first-order valence-electron chi connectivity index (χ1n) is 10.8.